The minimum absolute atomic E-state index is 0.461. The third kappa shape index (κ3) is 5.00. The molecular weight excluding hydrogens is 759 g/mol. The van der Waals surface area contributed by atoms with Crippen molar-refractivity contribution in [2.24, 2.45) is 0 Å². The highest BCUT2D eigenvalue weighted by Crippen LogP contribution is 2.63. The summed E-state index contributed by atoms with van der Waals surface area (Å²) in [4.78, 5) is 12.9. The summed E-state index contributed by atoms with van der Waals surface area (Å²) < 4.78 is 2.47. The molecule has 0 amide bonds. The summed E-state index contributed by atoms with van der Waals surface area (Å²) >= 11 is 1.89. The third-order valence-corrected chi connectivity index (χ3v) is 14.0. The zero-order chi connectivity index (χ0) is 40.1. The van der Waals surface area contributed by atoms with Crippen LogP contribution < -0.4 is 0 Å². The fraction of sp³-hybridized carbons (Fsp3) is 0.0175. The maximum atomic E-state index is 5.22. The number of hydrogen-bond donors (Lipinski definition) is 0. The van der Waals surface area contributed by atoms with Gasteiger partial charge in [0, 0.05) is 42.9 Å². The van der Waals surface area contributed by atoms with Crippen LogP contribution in [0.1, 0.15) is 22.3 Å². The Hall–Kier alpha value is -7.53. The number of aromatic nitrogens is 3. The minimum Gasteiger partial charge on any atom is -0.309 e. The minimum atomic E-state index is -0.461. The van der Waals surface area contributed by atoms with Gasteiger partial charge in [-0.3, -0.25) is 0 Å². The quantitative estimate of drug-likeness (QED) is 0.178. The van der Waals surface area contributed by atoms with E-state index < -0.39 is 5.41 Å². The molecular formula is C57H35N3S. The van der Waals surface area contributed by atoms with Gasteiger partial charge in [-0.1, -0.05) is 182 Å². The molecule has 0 N–H and O–H groups in total. The van der Waals surface area contributed by atoms with Crippen molar-refractivity contribution in [2.75, 3.05) is 0 Å². The molecule has 4 heteroatoms. The van der Waals surface area contributed by atoms with Crippen molar-refractivity contribution < 1.29 is 0 Å². The first kappa shape index (κ1) is 34.3. The van der Waals surface area contributed by atoms with Crippen molar-refractivity contribution in [2.45, 2.75) is 15.2 Å². The zero-order valence-corrected chi connectivity index (χ0v) is 33.8. The molecule has 1 spiro atoms. The molecule has 1 aliphatic heterocycles. The Morgan fingerprint density at radius 3 is 1.79 bits per heavy atom. The van der Waals surface area contributed by atoms with Gasteiger partial charge >= 0.3 is 0 Å². The average molecular weight is 794 g/mol. The normalized spacial score (nSPS) is 13.3. The van der Waals surface area contributed by atoms with E-state index in [1.807, 2.05) is 36.0 Å². The first-order valence-electron chi connectivity index (χ1n) is 20.8. The van der Waals surface area contributed by atoms with Gasteiger partial charge in [-0.2, -0.15) is 0 Å². The van der Waals surface area contributed by atoms with Crippen LogP contribution in [-0.2, 0) is 5.41 Å². The molecule has 2 aromatic heterocycles. The Kier molecular flexibility index (Phi) is 7.45. The Bertz CT molecular complexity index is 3470. The molecule has 13 rings (SSSR count). The summed E-state index contributed by atoms with van der Waals surface area (Å²) in [7, 11) is 0. The lowest BCUT2D eigenvalue weighted by Crippen LogP contribution is -2.31. The first-order valence-corrected chi connectivity index (χ1v) is 21.6. The van der Waals surface area contributed by atoms with E-state index in [1.54, 1.807) is 0 Å². The summed E-state index contributed by atoms with van der Waals surface area (Å²) in [6.45, 7) is 0. The predicted octanol–water partition coefficient (Wildman–Crippen LogP) is 14.6. The average Bonchev–Trinajstić information content (AvgIpc) is 3.82. The molecule has 0 unspecified atom stereocenters. The Morgan fingerprint density at radius 1 is 0.393 bits per heavy atom. The lowest BCUT2D eigenvalue weighted by Gasteiger charge is -2.39. The van der Waals surface area contributed by atoms with Crippen LogP contribution in [0.25, 0.3) is 83.3 Å². The van der Waals surface area contributed by atoms with Crippen molar-refractivity contribution in [1.82, 2.24) is 14.5 Å². The monoisotopic (exact) mass is 793 g/mol. The molecule has 11 aromatic rings. The van der Waals surface area contributed by atoms with E-state index in [2.05, 4.69) is 193 Å². The maximum absolute atomic E-state index is 5.22. The highest BCUT2D eigenvalue weighted by Gasteiger charge is 2.50. The van der Waals surface area contributed by atoms with Crippen LogP contribution in [0.15, 0.2) is 222 Å². The van der Waals surface area contributed by atoms with Gasteiger partial charge in [0.25, 0.3) is 0 Å². The lowest BCUT2D eigenvalue weighted by molar-refractivity contribution is 0.724. The standard InChI is InChI=1S/C57H35N3S/c1-3-17-37(18-4-1)49-34-50(59-56(58-49)38-19-5-2-6-20-38)39-21-15-22-40(32-39)60-51-31-30-36-16-7-8-23-41(36)55(51)44-33-48-54(35-52(44)60)61-53-29-14-13-28-47(53)57(48)45-26-11-9-24-42(45)43-25-10-12-27-46(43)57/h1-35H. The van der Waals surface area contributed by atoms with Crippen molar-refractivity contribution >= 4 is 44.3 Å². The molecule has 3 heterocycles. The smallest absolute Gasteiger partial charge is 0.160 e. The van der Waals surface area contributed by atoms with Crippen molar-refractivity contribution in [1.29, 1.82) is 0 Å². The molecule has 0 saturated heterocycles. The van der Waals surface area contributed by atoms with Crippen LogP contribution in [0.2, 0.25) is 0 Å². The van der Waals surface area contributed by atoms with Gasteiger partial charge in [0.2, 0.25) is 0 Å². The second-order valence-corrected chi connectivity index (χ2v) is 17.1. The molecule has 0 atom stereocenters. The van der Waals surface area contributed by atoms with Gasteiger partial charge in [0.05, 0.1) is 27.8 Å². The van der Waals surface area contributed by atoms with E-state index in [1.165, 1.54) is 75.7 Å². The van der Waals surface area contributed by atoms with Gasteiger partial charge in [0.15, 0.2) is 5.82 Å². The van der Waals surface area contributed by atoms with Crippen LogP contribution in [-0.4, -0.2) is 14.5 Å². The summed E-state index contributed by atoms with van der Waals surface area (Å²) in [6, 6.07) is 77.3. The molecule has 61 heavy (non-hydrogen) atoms. The van der Waals surface area contributed by atoms with Crippen LogP contribution in [0.3, 0.4) is 0 Å². The first-order chi connectivity index (χ1) is 30.2. The van der Waals surface area contributed by atoms with Crippen LogP contribution >= 0.6 is 11.8 Å². The van der Waals surface area contributed by atoms with Crippen LogP contribution in [0, 0.1) is 0 Å². The van der Waals surface area contributed by atoms with E-state index in [4.69, 9.17) is 9.97 Å². The molecule has 3 nitrogen and oxygen atoms in total. The zero-order valence-electron chi connectivity index (χ0n) is 33.0. The molecule has 0 bridgehead atoms. The van der Waals surface area contributed by atoms with Crippen LogP contribution in [0.4, 0.5) is 0 Å². The van der Waals surface area contributed by atoms with E-state index in [0.717, 1.165) is 33.8 Å². The van der Waals surface area contributed by atoms with E-state index in [-0.39, 0.29) is 0 Å². The van der Waals surface area contributed by atoms with Gasteiger partial charge < -0.3 is 4.57 Å². The van der Waals surface area contributed by atoms with Crippen molar-refractivity contribution in [3.8, 4) is 50.7 Å². The van der Waals surface area contributed by atoms with E-state index >= 15 is 0 Å². The Labute approximate surface area is 357 Å². The second-order valence-electron chi connectivity index (χ2n) is 16.1. The number of nitrogens with zero attached hydrogens (tertiary/aromatic N) is 3. The predicted molar refractivity (Wildman–Crippen MR) is 252 cm³/mol. The molecule has 0 fully saturated rings. The topological polar surface area (TPSA) is 30.7 Å². The highest BCUT2D eigenvalue weighted by atomic mass is 32.2. The molecule has 284 valence electrons. The number of hydrogen-bond acceptors (Lipinski definition) is 3. The Morgan fingerprint density at radius 2 is 1.02 bits per heavy atom. The van der Waals surface area contributed by atoms with Gasteiger partial charge in [-0.05, 0) is 86.6 Å². The maximum Gasteiger partial charge on any atom is 0.160 e. The van der Waals surface area contributed by atoms with Gasteiger partial charge in [-0.25, -0.2) is 9.97 Å². The Balaban J connectivity index is 1.09. The molecule has 0 saturated carbocycles. The summed E-state index contributed by atoms with van der Waals surface area (Å²) in [5.74, 6) is 0.707. The summed E-state index contributed by atoms with van der Waals surface area (Å²) in [6.07, 6.45) is 0. The molecule has 1 aliphatic carbocycles. The largest absolute Gasteiger partial charge is 0.309 e. The second kappa shape index (κ2) is 13.2. The van der Waals surface area contributed by atoms with Crippen molar-refractivity contribution in [3.05, 3.63) is 235 Å². The SMILES string of the molecule is c1ccc(-c2cc(-c3cccc(-n4c5cc6c(cc5c5c7ccccc7ccc54)C4(c5ccccc5S6)c5ccccc5-c5ccccc54)c3)nc(-c3ccccc3)n2)cc1. The number of fused-ring (bicyclic) bond motifs is 14. The lowest BCUT2D eigenvalue weighted by atomic mass is 9.67. The van der Waals surface area contributed by atoms with Crippen LogP contribution in [0.5, 0.6) is 0 Å². The highest BCUT2D eigenvalue weighted by molar-refractivity contribution is 7.99. The number of rotatable bonds is 4. The van der Waals surface area contributed by atoms with Crippen molar-refractivity contribution in [3.63, 3.8) is 0 Å². The molecule has 0 radical (unpaired) electrons. The fourth-order valence-corrected chi connectivity index (χ4v) is 11.5. The summed E-state index contributed by atoms with van der Waals surface area (Å²) in [5, 5.41) is 4.99. The molecule has 2 aliphatic rings. The fourth-order valence-electron chi connectivity index (χ4n) is 10.3. The van der Waals surface area contributed by atoms with Gasteiger partial charge in [-0.15, -0.1) is 0 Å². The molecule has 9 aromatic carbocycles. The van der Waals surface area contributed by atoms with Gasteiger partial charge in [0.1, 0.15) is 0 Å². The third-order valence-electron chi connectivity index (χ3n) is 12.9. The number of benzene rings is 9. The summed E-state index contributed by atoms with van der Waals surface area (Å²) in [5.41, 5.74) is 15.8. The van der Waals surface area contributed by atoms with E-state index in [9.17, 15) is 0 Å². The van der Waals surface area contributed by atoms with E-state index in [0.29, 0.717) is 5.82 Å².